The van der Waals surface area contributed by atoms with Crippen LogP contribution in [-0.2, 0) is 10.0 Å². The molecule has 1 aromatic heterocycles. The highest BCUT2D eigenvalue weighted by molar-refractivity contribution is 7.99. The molecular formula is C11H13FN4O2S2. The minimum absolute atomic E-state index is 0.00240. The Kier molecular flexibility index (Phi) is 4.29. The minimum atomic E-state index is -3.88. The van der Waals surface area contributed by atoms with E-state index in [1.54, 1.807) is 0 Å². The van der Waals surface area contributed by atoms with Crippen molar-refractivity contribution in [2.24, 2.45) is 0 Å². The Morgan fingerprint density at radius 2 is 2.15 bits per heavy atom. The second-order valence-electron chi connectivity index (χ2n) is 4.20. The summed E-state index contributed by atoms with van der Waals surface area (Å²) in [5.41, 5.74) is 0. The quantitative estimate of drug-likeness (QED) is 0.826. The second kappa shape index (κ2) is 5.80. The van der Waals surface area contributed by atoms with Crippen molar-refractivity contribution in [2.75, 3.05) is 4.72 Å². The molecule has 20 heavy (non-hydrogen) atoms. The number of sulfonamides is 1. The Labute approximate surface area is 120 Å². The molecule has 1 aromatic carbocycles. The van der Waals surface area contributed by atoms with Crippen LogP contribution in [-0.4, -0.2) is 28.8 Å². The first-order valence-corrected chi connectivity index (χ1v) is 8.10. The van der Waals surface area contributed by atoms with Crippen LogP contribution in [0, 0.1) is 5.82 Å². The van der Waals surface area contributed by atoms with Crippen LogP contribution in [0.3, 0.4) is 0 Å². The third-order valence-corrected chi connectivity index (χ3v) is 4.34. The van der Waals surface area contributed by atoms with Crippen molar-refractivity contribution in [1.29, 1.82) is 0 Å². The summed E-state index contributed by atoms with van der Waals surface area (Å²) in [5, 5.41) is 7.08. The molecule has 9 heteroatoms. The summed E-state index contributed by atoms with van der Waals surface area (Å²) in [6.07, 6.45) is 0. The zero-order valence-electron chi connectivity index (χ0n) is 10.8. The minimum Gasteiger partial charge on any atom is -0.248 e. The van der Waals surface area contributed by atoms with Gasteiger partial charge in [0.2, 0.25) is 11.1 Å². The van der Waals surface area contributed by atoms with Crippen molar-refractivity contribution in [1.82, 2.24) is 15.2 Å². The predicted molar refractivity (Wildman–Crippen MR) is 74.6 cm³/mol. The number of hydrogen-bond donors (Lipinski definition) is 2. The van der Waals surface area contributed by atoms with Gasteiger partial charge in [-0.2, -0.15) is 4.98 Å². The highest BCUT2D eigenvalue weighted by Crippen LogP contribution is 2.20. The molecule has 0 aliphatic rings. The lowest BCUT2D eigenvalue weighted by Crippen LogP contribution is -2.14. The summed E-state index contributed by atoms with van der Waals surface area (Å²) >= 11 is 1.40. The van der Waals surface area contributed by atoms with Gasteiger partial charge in [0.05, 0.1) is 4.90 Å². The van der Waals surface area contributed by atoms with Crippen LogP contribution in [0.15, 0.2) is 34.3 Å². The number of rotatable bonds is 5. The normalized spacial score (nSPS) is 11.8. The smallest absolute Gasteiger partial charge is 0.248 e. The molecule has 0 bridgehead atoms. The Bertz CT molecular complexity index is 700. The third-order valence-electron chi connectivity index (χ3n) is 2.14. The number of hydrogen-bond acceptors (Lipinski definition) is 5. The lowest BCUT2D eigenvalue weighted by atomic mass is 10.4. The molecule has 0 fully saturated rings. The maximum atomic E-state index is 13.1. The standard InChI is InChI=1S/C11H13FN4O2S2/c1-7(2)19-11-13-10(14-15-11)16-20(17,18)9-5-3-4-8(12)6-9/h3-7H,1-2H3,(H2,13,14,15,16). The van der Waals surface area contributed by atoms with E-state index in [1.807, 2.05) is 13.8 Å². The molecule has 0 radical (unpaired) electrons. The maximum absolute atomic E-state index is 13.1. The molecule has 2 rings (SSSR count). The van der Waals surface area contributed by atoms with E-state index in [1.165, 1.54) is 30.0 Å². The second-order valence-corrected chi connectivity index (χ2v) is 7.42. The number of nitrogens with one attached hydrogen (secondary N) is 2. The summed E-state index contributed by atoms with van der Waals surface area (Å²) in [6, 6.07) is 4.73. The molecule has 0 saturated heterocycles. The average Bonchev–Trinajstić information content (AvgIpc) is 2.74. The summed E-state index contributed by atoms with van der Waals surface area (Å²) < 4.78 is 39.3. The SMILES string of the molecule is CC(C)Sc1n[nH]c(NS(=O)(=O)c2cccc(F)c2)n1. The van der Waals surface area contributed by atoms with Crippen LogP contribution in [0.2, 0.25) is 0 Å². The zero-order valence-corrected chi connectivity index (χ0v) is 12.4. The number of thioether (sulfide) groups is 1. The number of nitrogens with zero attached hydrogens (tertiary/aromatic N) is 2. The van der Waals surface area contributed by atoms with E-state index >= 15 is 0 Å². The number of halogens is 1. The van der Waals surface area contributed by atoms with E-state index in [0.29, 0.717) is 5.16 Å². The van der Waals surface area contributed by atoms with Crippen LogP contribution < -0.4 is 4.72 Å². The van der Waals surface area contributed by atoms with Crippen molar-refractivity contribution in [2.45, 2.75) is 29.1 Å². The summed E-state index contributed by atoms with van der Waals surface area (Å²) in [7, 11) is -3.88. The molecule has 0 aliphatic heterocycles. The molecule has 1 heterocycles. The van der Waals surface area contributed by atoms with Crippen LogP contribution in [0.25, 0.3) is 0 Å². The number of aromatic amines is 1. The van der Waals surface area contributed by atoms with Gasteiger partial charge in [0.15, 0.2) is 0 Å². The van der Waals surface area contributed by atoms with Gasteiger partial charge in [-0.1, -0.05) is 31.7 Å². The van der Waals surface area contributed by atoms with Gasteiger partial charge >= 0.3 is 0 Å². The van der Waals surface area contributed by atoms with Crippen molar-refractivity contribution >= 4 is 27.7 Å². The van der Waals surface area contributed by atoms with Gasteiger partial charge in [0.25, 0.3) is 10.0 Å². The molecule has 0 aliphatic carbocycles. The first-order valence-electron chi connectivity index (χ1n) is 5.74. The van der Waals surface area contributed by atoms with Gasteiger partial charge in [0.1, 0.15) is 5.82 Å². The highest BCUT2D eigenvalue weighted by atomic mass is 32.2. The van der Waals surface area contributed by atoms with Crippen LogP contribution in [0.1, 0.15) is 13.8 Å². The zero-order chi connectivity index (χ0) is 14.8. The summed E-state index contributed by atoms with van der Waals surface area (Å²) in [6.45, 7) is 3.94. The van der Waals surface area contributed by atoms with Crippen LogP contribution in [0.4, 0.5) is 10.3 Å². The number of H-pyrrole nitrogens is 1. The topological polar surface area (TPSA) is 87.7 Å². The summed E-state index contributed by atoms with van der Waals surface area (Å²) in [4.78, 5) is 3.82. The third kappa shape index (κ3) is 3.70. The molecule has 0 amide bonds. The molecule has 0 spiro atoms. The molecule has 0 saturated carbocycles. The first kappa shape index (κ1) is 14.8. The Balaban J connectivity index is 2.18. The molecular weight excluding hydrogens is 303 g/mol. The van der Waals surface area contributed by atoms with E-state index in [4.69, 9.17) is 0 Å². The van der Waals surface area contributed by atoms with Gasteiger partial charge < -0.3 is 0 Å². The van der Waals surface area contributed by atoms with Gasteiger partial charge in [-0.3, -0.25) is 0 Å². The van der Waals surface area contributed by atoms with Gasteiger partial charge in [-0.25, -0.2) is 22.6 Å². The fourth-order valence-corrected chi connectivity index (χ4v) is 3.03. The molecule has 108 valence electrons. The van der Waals surface area contributed by atoms with Crippen molar-refractivity contribution < 1.29 is 12.8 Å². The predicted octanol–water partition coefficient (Wildman–Crippen LogP) is 2.25. The van der Waals surface area contributed by atoms with Crippen molar-refractivity contribution in [3.05, 3.63) is 30.1 Å². The van der Waals surface area contributed by atoms with Gasteiger partial charge in [-0.05, 0) is 18.2 Å². The lowest BCUT2D eigenvalue weighted by Gasteiger charge is -2.04. The number of anilines is 1. The number of aromatic nitrogens is 3. The van der Waals surface area contributed by atoms with Gasteiger partial charge in [-0.15, -0.1) is 5.10 Å². The van der Waals surface area contributed by atoms with E-state index < -0.39 is 15.8 Å². The van der Waals surface area contributed by atoms with E-state index in [9.17, 15) is 12.8 Å². The fourth-order valence-electron chi connectivity index (χ4n) is 1.38. The lowest BCUT2D eigenvalue weighted by molar-refractivity contribution is 0.595. The summed E-state index contributed by atoms with van der Waals surface area (Å²) in [5.74, 6) is -0.626. The molecule has 2 aromatic rings. The van der Waals surface area contributed by atoms with Crippen molar-refractivity contribution in [3.63, 3.8) is 0 Å². The Morgan fingerprint density at radius 1 is 1.40 bits per heavy atom. The molecule has 2 N–H and O–H groups in total. The Hall–Kier alpha value is -1.61. The molecule has 6 nitrogen and oxygen atoms in total. The van der Waals surface area contributed by atoms with Crippen LogP contribution in [0.5, 0.6) is 0 Å². The largest absolute Gasteiger partial charge is 0.264 e. The van der Waals surface area contributed by atoms with Crippen LogP contribution >= 0.6 is 11.8 Å². The molecule has 0 atom stereocenters. The van der Waals surface area contributed by atoms with E-state index in [-0.39, 0.29) is 16.1 Å². The Morgan fingerprint density at radius 3 is 2.80 bits per heavy atom. The van der Waals surface area contributed by atoms with E-state index in [0.717, 1.165) is 6.07 Å². The molecule has 0 unspecified atom stereocenters. The maximum Gasteiger partial charge on any atom is 0.264 e. The van der Waals surface area contributed by atoms with E-state index in [2.05, 4.69) is 19.9 Å². The first-order chi connectivity index (χ1) is 9.37. The van der Waals surface area contributed by atoms with Gasteiger partial charge in [0, 0.05) is 5.25 Å². The average molecular weight is 316 g/mol. The fraction of sp³-hybridized carbons (Fsp3) is 0.273. The highest BCUT2D eigenvalue weighted by Gasteiger charge is 2.17. The van der Waals surface area contributed by atoms with Crippen molar-refractivity contribution in [3.8, 4) is 0 Å². The monoisotopic (exact) mass is 316 g/mol. The number of benzene rings is 1.